The Morgan fingerprint density at radius 3 is 2.93 bits per heavy atom. The number of rotatable bonds is 4. The molecule has 1 aromatic rings. The summed E-state index contributed by atoms with van der Waals surface area (Å²) in [5.41, 5.74) is 8.40. The summed E-state index contributed by atoms with van der Waals surface area (Å²) in [6.07, 6.45) is 0. The second-order valence-corrected chi connectivity index (χ2v) is 4.42. The lowest BCUT2D eigenvalue weighted by atomic mass is 10.2. The number of hydrogen-bond donors (Lipinski definition) is 2. The first kappa shape index (κ1) is 11.9. The largest absolute Gasteiger partial charge is 0.409 e. The maximum Gasteiger partial charge on any atom is 0.156 e. The summed E-state index contributed by atoms with van der Waals surface area (Å²) in [6, 6.07) is -0.0866. The number of nitrogens with two attached hydrogens (primary N) is 1. The van der Waals surface area contributed by atoms with Crippen molar-refractivity contribution in [3.8, 4) is 0 Å². The van der Waals surface area contributed by atoms with Crippen LogP contribution >= 0.6 is 11.3 Å². The van der Waals surface area contributed by atoms with E-state index in [2.05, 4.69) is 10.1 Å². The minimum absolute atomic E-state index is 0.0866. The lowest BCUT2D eigenvalue weighted by molar-refractivity contribution is 0.280. The predicted octanol–water partition coefficient (Wildman–Crippen LogP) is 1.02. The second-order valence-electron chi connectivity index (χ2n) is 3.48. The summed E-state index contributed by atoms with van der Waals surface area (Å²) in [5.74, 6) is 0.222. The maximum atomic E-state index is 8.56. The van der Waals surface area contributed by atoms with Crippen LogP contribution in [-0.2, 0) is 6.54 Å². The van der Waals surface area contributed by atoms with Crippen LogP contribution in [0.25, 0.3) is 0 Å². The van der Waals surface area contributed by atoms with Crippen LogP contribution in [0.3, 0.4) is 0 Å². The Hall–Kier alpha value is -1.14. The van der Waals surface area contributed by atoms with E-state index in [9.17, 15) is 0 Å². The van der Waals surface area contributed by atoms with E-state index in [0.717, 1.165) is 12.2 Å². The molecule has 0 spiro atoms. The number of nitrogens with zero attached hydrogens (tertiary/aromatic N) is 3. The van der Waals surface area contributed by atoms with Crippen LogP contribution in [0, 0.1) is 6.92 Å². The molecule has 0 bridgehead atoms. The Bertz CT molecular complexity index is 350. The highest BCUT2D eigenvalue weighted by atomic mass is 32.1. The van der Waals surface area contributed by atoms with E-state index in [4.69, 9.17) is 10.9 Å². The highest BCUT2D eigenvalue weighted by Gasteiger charge is 2.15. The number of oxime groups is 1. The number of likely N-dealkylation sites (N-methyl/N-ethyl adjacent to an activating group) is 1. The fourth-order valence-corrected chi connectivity index (χ4v) is 1.99. The van der Waals surface area contributed by atoms with Crippen LogP contribution in [0.5, 0.6) is 0 Å². The van der Waals surface area contributed by atoms with Crippen molar-refractivity contribution in [3.05, 3.63) is 16.1 Å². The van der Waals surface area contributed by atoms with Gasteiger partial charge in [-0.15, -0.1) is 11.3 Å². The molecule has 1 atom stereocenters. The first-order chi connectivity index (χ1) is 7.06. The molecule has 1 unspecified atom stereocenters. The molecule has 6 heteroatoms. The number of amidine groups is 1. The van der Waals surface area contributed by atoms with E-state index in [1.807, 2.05) is 31.3 Å². The molecule has 0 aliphatic rings. The van der Waals surface area contributed by atoms with Crippen LogP contribution in [0.1, 0.15) is 17.5 Å². The van der Waals surface area contributed by atoms with Gasteiger partial charge in [0, 0.05) is 11.4 Å². The van der Waals surface area contributed by atoms with Crippen molar-refractivity contribution in [2.45, 2.75) is 26.4 Å². The number of hydrogen-bond acceptors (Lipinski definition) is 5. The highest BCUT2D eigenvalue weighted by molar-refractivity contribution is 7.09. The average molecular weight is 228 g/mol. The molecule has 1 rings (SSSR count). The number of aromatic nitrogens is 1. The van der Waals surface area contributed by atoms with Crippen LogP contribution in [0.2, 0.25) is 0 Å². The maximum absolute atomic E-state index is 8.56. The topological polar surface area (TPSA) is 74.7 Å². The smallest absolute Gasteiger partial charge is 0.156 e. The Balaban J connectivity index is 2.64. The van der Waals surface area contributed by atoms with E-state index < -0.39 is 0 Å². The molecule has 0 saturated heterocycles. The molecule has 84 valence electrons. The Morgan fingerprint density at radius 1 is 1.80 bits per heavy atom. The standard InChI is InChI=1S/C9H16N4OS/c1-6-8(15-5-11-6)4-13(3)7(2)9(10)12-14/h5,7,14H,4H2,1-3H3,(H2,10,12). The molecule has 0 saturated carbocycles. The minimum atomic E-state index is -0.0866. The molecule has 0 radical (unpaired) electrons. The number of thiazole rings is 1. The third-order valence-corrected chi connectivity index (χ3v) is 3.36. The Kier molecular flexibility index (Phi) is 4.05. The summed E-state index contributed by atoms with van der Waals surface area (Å²) in [4.78, 5) is 7.39. The fourth-order valence-electron chi connectivity index (χ4n) is 1.15. The summed E-state index contributed by atoms with van der Waals surface area (Å²) in [6.45, 7) is 4.63. The minimum Gasteiger partial charge on any atom is -0.409 e. The molecule has 15 heavy (non-hydrogen) atoms. The SMILES string of the molecule is Cc1ncsc1CN(C)C(C)C(N)=NO. The van der Waals surface area contributed by atoms with Gasteiger partial charge in [0.1, 0.15) is 0 Å². The molecule has 0 fully saturated rings. The summed E-state index contributed by atoms with van der Waals surface area (Å²) < 4.78 is 0. The van der Waals surface area contributed by atoms with Gasteiger partial charge in [-0.05, 0) is 20.9 Å². The third kappa shape index (κ3) is 2.90. The van der Waals surface area contributed by atoms with Crippen molar-refractivity contribution in [1.29, 1.82) is 0 Å². The quantitative estimate of drug-likeness (QED) is 0.349. The van der Waals surface area contributed by atoms with Crippen LogP contribution < -0.4 is 5.73 Å². The van der Waals surface area contributed by atoms with Gasteiger partial charge in [0.25, 0.3) is 0 Å². The lowest BCUT2D eigenvalue weighted by Crippen LogP contribution is -2.39. The van der Waals surface area contributed by atoms with Crippen molar-refractivity contribution in [2.75, 3.05) is 7.05 Å². The van der Waals surface area contributed by atoms with Gasteiger partial charge in [-0.1, -0.05) is 5.16 Å². The van der Waals surface area contributed by atoms with Crippen LogP contribution in [0.15, 0.2) is 10.7 Å². The molecule has 0 amide bonds. The average Bonchev–Trinajstić information content (AvgIpc) is 2.62. The van der Waals surface area contributed by atoms with Gasteiger partial charge >= 0.3 is 0 Å². The zero-order valence-electron chi connectivity index (χ0n) is 9.14. The first-order valence-corrected chi connectivity index (χ1v) is 5.50. The zero-order chi connectivity index (χ0) is 11.4. The molecular formula is C9H16N4OS. The predicted molar refractivity (Wildman–Crippen MR) is 61.2 cm³/mol. The van der Waals surface area contributed by atoms with Gasteiger partial charge in [-0.25, -0.2) is 4.98 Å². The van der Waals surface area contributed by atoms with Crippen LogP contribution in [-0.4, -0.2) is 34.0 Å². The van der Waals surface area contributed by atoms with Gasteiger partial charge < -0.3 is 10.9 Å². The molecule has 1 aromatic heterocycles. The number of aryl methyl sites for hydroxylation is 1. The van der Waals surface area contributed by atoms with Gasteiger partial charge in [-0.3, -0.25) is 4.90 Å². The molecular weight excluding hydrogens is 212 g/mol. The molecule has 5 nitrogen and oxygen atoms in total. The third-order valence-electron chi connectivity index (χ3n) is 2.44. The molecule has 0 aliphatic heterocycles. The van der Waals surface area contributed by atoms with Crippen molar-refractivity contribution in [1.82, 2.24) is 9.88 Å². The second kappa shape index (κ2) is 5.09. The Labute approximate surface area is 93.2 Å². The zero-order valence-corrected chi connectivity index (χ0v) is 9.95. The molecule has 3 N–H and O–H groups in total. The van der Waals surface area contributed by atoms with Gasteiger partial charge in [0.05, 0.1) is 17.2 Å². The lowest BCUT2D eigenvalue weighted by Gasteiger charge is -2.22. The van der Waals surface area contributed by atoms with E-state index >= 15 is 0 Å². The highest BCUT2D eigenvalue weighted by Crippen LogP contribution is 2.15. The van der Waals surface area contributed by atoms with E-state index in [-0.39, 0.29) is 11.9 Å². The molecule has 0 aliphatic carbocycles. The van der Waals surface area contributed by atoms with E-state index in [0.29, 0.717) is 0 Å². The monoisotopic (exact) mass is 228 g/mol. The van der Waals surface area contributed by atoms with Crippen molar-refractivity contribution in [3.63, 3.8) is 0 Å². The van der Waals surface area contributed by atoms with Crippen molar-refractivity contribution in [2.24, 2.45) is 10.9 Å². The van der Waals surface area contributed by atoms with Crippen LogP contribution in [0.4, 0.5) is 0 Å². The van der Waals surface area contributed by atoms with Crippen molar-refractivity contribution < 1.29 is 5.21 Å². The summed E-state index contributed by atoms with van der Waals surface area (Å²) in [5, 5.41) is 11.6. The Morgan fingerprint density at radius 2 is 2.47 bits per heavy atom. The molecule has 1 heterocycles. The summed E-state index contributed by atoms with van der Waals surface area (Å²) in [7, 11) is 1.93. The first-order valence-electron chi connectivity index (χ1n) is 4.63. The van der Waals surface area contributed by atoms with E-state index in [1.54, 1.807) is 11.3 Å². The van der Waals surface area contributed by atoms with E-state index in [1.165, 1.54) is 4.88 Å². The van der Waals surface area contributed by atoms with Gasteiger partial charge in [0.15, 0.2) is 5.84 Å². The van der Waals surface area contributed by atoms with Gasteiger partial charge in [0.2, 0.25) is 0 Å². The van der Waals surface area contributed by atoms with Crippen molar-refractivity contribution >= 4 is 17.2 Å². The normalized spacial score (nSPS) is 14.5. The van der Waals surface area contributed by atoms with Gasteiger partial charge in [-0.2, -0.15) is 0 Å². The summed E-state index contributed by atoms with van der Waals surface area (Å²) >= 11 is 1.62. The molecule has 0 aromatic carbocycles. The fraction of sp³-hybridized carbons (Fsp3) is 0.556.